The van der Waals surface area contributed by atoms with E-state index in [1.165, 1.54) is 0 Å². The van der Waals surface area contributed by atoms with E-state index in [-0.39, 0.29) is 11.6 Å². The minimum Gasteiger partial charge on any atom is -0.336 e. The van der Waals surface area contributed by atoms with Crippen LogP contribution in [-0.2, 0) is 11.3 Å². The van der Waals surface area contributed by atoms with Crippen molar-refractivity contribution in [3.63, 3.8) is 0 Å². The van der Waals surface area contributed by atoms with Crippen molar-refractivity contribution < 1.29 is 19.4 Å². The summed E-state index contributed by atoms with van der Waals surface area (Å²) in [6.07, 6.45) is 0.755. The van der Waals surface area contributed by atoms with Crippen LogP contribution in [0.25, 0.3) is 0 Å². The number of para-hydroxylation sites is 1. The summed E-state index contributed by atoms with van der Waals surface area (Å²) in [7, 11) is 0. The van der Waals surface area contributed by atoms with Crippen molar-refractivity contribution in [3.05, 3.63) is 101 Å². The van der Waals surface area contributed by atoms with Crippen LogP contribution in [0.15, 0.2) is 72.8 Å². The van der Waals surface area contributed by atoms with Gasteiger partial charge in [0.15, 0.2) is 17.3 Å². The minimum absolute atomic E-state index is 0.189. The molecule has 4 nitrogen and oxygen atoms in total. The molecule has 154 valence electrons. The molecule has 4 heteroatoms. The first kappa shape index (κ1) is 21.5. The van der Waals surface area contributed by atoms with E-state index in [2.05, 4.69) is 0 Å². The van der Waals surface area contributed by atoms with E-state index < -0.39 is 5.60 Å². The zero-order valence-electron chi connectivity index (χ0n) is 17.8. The molecule has 3 rings (SSSR count). The Balaban J connectivity index is 2.05. The zero-order chi connectivity index (χ0) is 21.7. The number of ketones is 2. The fraction of sp³-hybridized carbons (Fsp3) is 0.231. The Kier molecular flexibility index (Phi) is 6.48. The first-order chi connectivity index (χ1) is 14.3. The average molecular weight is 402 g/mol. The van der Waals surface area contributed by atoms with Crippen LogP contribution in [0.5, 0.6) is 5.75 Å². The maximum atomic E-state index is 13.5. The standard InChI is InChI=1S/C26H26O4/c1-5-18-15-16-20(24(27)19-11-7-6-8-12-19)22(17-18)25(28)21-13-9-10-14-23(21)29-30-26(2,3)4/h6-17H,5H2,1-4H3. The van der Waals surface area contributed by atoms with Crippen molar-refractivity contribution in [1.29, 1.82) is 0 Å². The fourth-order valence-corrected chi connectivity index (χ4v) is 2.98. The van der Waals surface area contributed by atoms with Crippen molar-refractivity contribution in [2.24, 2.45) is 0 Å². The number of carbonyl (C=O) groups excluding carboxylic acids is 2. The molecule has 3 aromatic rings. The zero-order valence-corrected chi connectivity index (χ0v) is 17.8. The van der Waals surface area contributed by atoms with Crippen LogP contribution in [0.4, 0.5) is 0 Å². The molecule has 0 heterocycles. The van der Waals surface area contributed by atoms with Gasteiger partial charge in [0.05, 0.1) is 5.56 Å². The maximum Gasteiger partial charge on any atom is 0.197 e. The Morgan fingerprint density at radius 3 is 2.10 bits per heavy atom. The number of hydrogen-bond donors (Lipinski definition) is 0. The molecule has 0 aliphatic carbocycles. The van der Waals surface area contributed by atoms with Crippen LogP contribution in [0, 0.1) is 0 Å². The van der Waals surface area contributed by atoms with E-state index in [1.54, 1.807) is 48.5 Å². The van der Waals surface area contributed by atoms with Gasteiger partial charge in [-0.3, -0.25) is 9.59 Å². The molecule has 0 saturated heterocycles. The summed E-state index contributed by atoms with van der Waals surface area (Å²) in [5.74, 6) is -0.152. The van der Waals surface area contributed by atoms with Crippen LogP contribution >= 0.6 is 0 Å². The van der Waals surface area contributed by atoms with Crippen molar-refractivity contribution in [3.8, 4) is 5.75 Å². The van der Waals surface area contributed by atoms with E-state index in [4.69, 9.17) is 9.78 Å². The number of hydrogen-bond acceptors (Lipinski definition) is 4. The van der Waals surface area contributed by atoms with Gasteiger partial charge in [-0.05, 0) is 51.0 Å². The highest BCUT2D eigenvalue weighted by molar-refractivity contribution is 6.20. The van der Waals surface area contributed by atoms with Gasteiger partial charge in [-0.1, -0.05) is 61.5 Å². The lowest BCUT2D eigenvalue weighted by molar-refractivity contribution is -0.274. The molecule has 0 bridgehead atoms. The molecule has 0 aromatic heterocycles. The van der Waals surface area contributed by atoms with Crippen molar-refractivity contribution >= 4 is 11.6 Å². The second kappa shape index (κ2) is 9.06. The average Bonchev–Trinajstić information content (AvgIpc) is 2.76. The number of aryl methyl sites for hydroxylation is 1. The van der Waals surface area contributed by atoms with Gasteiger partial charge in [0.1, 0.15) is 5.60 Å². The van der Waals surface area contributed by atoms with Gasteiger partial charge in [0, 0.05) is 16.7 Å². The van der Waals surface area contributed by atoms with Gasteiger partial charge >= 0.3 is 0 Å². The summed E-state index contributed by atoms with van der Waals surface area (Å²) in [5, 5.41) is 0. The number of rotatable bonds is 7. The van der Waals surface area contributed by atoms with Gasteiger partial charge in [-0.15, -0.1) is 0 Å². The van der Waals surface area contributed by atoms with Crippen LogP contribution in [0.1, 0.15) is 65.1 Å². The Morgan fingerprint density at radius 1 is 0.767 bits per heavy atom. The summed E-state index contributed by atoms with van der Waals surface area (Å²) < 4.78 is 0. The Morgan fingerprint density at radius 2 is 1.43 bits per heavy atom. The summed E-state index contributed by atoms with van der Waals surface area (Å²) in [5.41, 5.74) is 2.05. The molecule has 0 spiro atoms. The van der Waals surface area contributed by atoms with E-state index in [1.807, 2.05) is 52.0 Å². The van der Waals surface area contributed by atoms with E-state index in [9.17, 15) is 9.59 Å². The lowest BCUT2D eigenvalue weighted by Gasteiger charge is -2.19. The van der Waals surface area contributed by atoms with Crippen molar-refractivity contribution in [2.45, 2.75) is 39.7 Å². The topological polar surface area (TPSA) is 52.6 Å². The summed E-state index contributed by atoms with van der Waals surface area (Å²) in [6.45, 7) is 7.59. The molecule has 0 atom stereocenters. The van der Waals surface area contributed by atoms with E-state index >= 15 is 0 Å². The van der Waals surface area contributed by atoms with Gasteiger partial charge in [0.2, 0.25) is 0 Å². The van der Waals surface area contributed by atoms with Crippen LogP contribution in [0.3, 0.4) is 0 Å². The van der Waals surface area contributed by atoms with Crippen LogP contribution in [0.2, 0.25) is 0 Å². The fourth-order valence-electron chi connectivity index (χ4n) is 2.98. The Hall–Kier alpha value is -3.24. The van der Waals surface area contributed by atoms with Gasteiger partial charge < -0.3 is 4.89 Å². The highest BCUT2D eigenvalue weighted by Crippen LogP contribution is 2.27. The van der Waals surface area contributed by atoms with Crippen LogP contribution in [-0.4, -0.2) is 17.2 Å². The molecule has 0 aliphatic rings. The molecule has 30 heavy (non-hydrogen) atoms. The second-order valence-electron chi connectivity index (χ2n) is 8.03. The number of benzene rings is 3. The van der Waals surface area contributed by atoms with Crippen molar-refractivity contribution in [2.75, 3.05) is 0 Å². The SMILES string of the molecule is CCc1ccc(C(=O)c2ccccc2)c(C(=O)c2ccccc2OOC(C)(C)C)c1. The third-order valence-electron chi connectivity index (χ3n) is 4.53. The first-order valence-electron chi connectivity index (χ1n) is 10.0. The van der Waals surface area contributed by atoms with E-state index in [0.717, 1.165) is 12.0 Å². The molecule has 0 unspecified atom stereocenters. The minimum atomic E-state index is -0.535. The largest absolute Gasteiger partial charge is 0.336 e. The normalized spacial score (nSPS) is 11.2. The van der Waals surface area contributed by atoms with Crippen LogP contribution < -0.4 is 4.89 Å². The third kappa shape index (κ3) is 5.02. The molecule has 0 aliphatic heterocycles. The predicted molar refractivity (Wildman–Crippen MR) is 117 cm³/mol. The van der Waals surface area contributed by atoms with Gasteiger partial charge in [0.25, 0.3) is 0 Å². The molecule has 0 N–H and O–H groups in total. The van der Waals surface area contributed by atoms with Crippen molar-refractivity contribution in [1.82, 2.24) is 0 Å². The molecule has 3 aromatic carbocycles. The maximum absolute atomic E-state index is 13.5. The highest BCUT2D eigenvalue weighted by atomic mass is 17.2. The van der Waals surface area contributed by atoms with Gasteiger partial charge in [-0.2, -0.15) is 4.89 Å². The van der Waals surface area contributed by atoms with Gasteiger partial charge in [-0.25, -0.2) is 0 Å². The first-order valence-corrected chi connectivity index (χ1v) is 10.0. The van der Waals surface area contributed by atoms with E-state index in [0.29, 0.717) is 28.0 Å². The molecular formula is C26H26O4. The molecule has 0 amide bonds. The number of carbonyl (C=O) groups is 2. The molecule has 0 saturated carbocycles. The second-order valence-corrected chi connectivity index (χ2v) is 8.03. The predicted octanol–water partition coefficient (Wildman–Crippen LogP) is 5.82. The lowest BCUT2D eigenvalue weighted by atomic mass is 9.91. The Labute approximate surface area is 177 Å². The summed E-state index contributed by atoms with van der Waals surface area (Å²) in [4.78, 5) is 37.6. The Bertz CT molecular complexity index is 1050. The summed E-state index contributed by atoms with van der Waals surface area (Å²) in [6, 6.07) is 21.3. The quantitative estimate of drug-likeness (QED) is 0.284. The highest BCUT2D eigenvalue weighted by Gasteiger charge is 2.23. The monoisotopic (exact) mass is 402 g/mol. The summed E-state index contributed by atoms with van der Waals surface area (Å²) >= 11 is 0. The molecule has 0 fully saturated rings. The lowest BCUT2D eigenvalue weighted by Crippen LogP contribution is -2.22. The molecule has 0 radical (unpaired) electrons. The smallest absolute Gasteiger partial charge is 0.197 e. The molecular weight excluding hydrogens is 376 g/mol. The third-order valence-corrected chi connectivity index (χ3v) is 4.53.